The lowest BCUT2D eigenvalue weighted by atomic mass is 9.93. The van der Waals surface area contributed by atoms with Crippen molar-refractivity contribution >= 4 is 51.2 Å². The fraction of sp³-hybridized carbons (Fsp3) is 0.250. The highest BCUT2D eigenvalue weighted by Gasteiger charge is 2.48. The quantitative estimate of drug-likeness (QED) is 0.332. The largest absolute Gasteiger partial charge is 0.344 e. The van der Waals surface area contributed by atoms with Crippen molar-refractivity contribution in [3.8, 4) is 0 Å². The number of imide groups is 1. The van der Waals surface area contributed by atoms with Crippen LogP contribution in [0.2, 0.25) is 0 Å². The topological polar surface area (TPSA) is 104 Å². The first-order valence-electron chi connectivity index (χ1n) is 9.27. The van der Waals surface area contributed by atoms with E-state index in [0.29, 0.717) is 17.9 Å². The zero-order chi connectivity index (χ0) is 21.1. The predicted molar refractivity (Wildman–Crippen MR) is 115 cm³/mol. The zero-order valence-electron chi connectivity index (χ0n) is 16.1. The minimum Gasteiger partial charge on any atom is -0.322 e. The van der Waals surface area contributed by atoms with Crippen molar-refractivity contribution in [3.63, 3.8) is 0 Å². The van der Waals surface area contributed by atoms with E-state index in [1.165, 1.54) is 29.4 Å². The van der Waals surface area contributed by atoms with E-state index in [9.17, 15) is 14.4 Å². The summed E-state index contributed by atoms with van der Waals surface area (Å²) in [5.41, 5.74) is 2.42. The van der Waals surface area contributed by atoms with Crippen molar-refractivity contribution in [1.29, 1.82) is 0 Å². The van der Waals surface area contributed by atoms with Gasteiger partial charge in [-0.05, 0) is 36.8 Å². The minimum atomic E-state index is -1.07. The molecule has 0 spiro atoms. The maximum Gasteiger partial charge on any atom is 0.344 e. The van der Waals surface area contributed by atoms with E-state index < -0.39 is 23.4 Å². The Morgan fingerprint density at radius 1 is 1.23 bits per heavy atom. The first-order valence-corrected chi connectivity index (χ1v) is 11.1. The van der Waals surface area contributed by atoms with Gasteiger partial charge in [0.25, 0.3) is 5.91 Å². The summed E-state index contributed by atoms with van der Waals surface area (Å²) in [6, 6.07) is 11.0. The number of rotatable bonds is 7. The monoisotopic (exact) mass is 441 g/mol. The second-order valence-electron chi connectivity index (χ2n) is 7.03. The molecule has 4 amide bonds. The Labute approximate surface area is 181 Å². The van der Waals surface area contributed by atoms with Crippen LogP contribution in [0.1, 0.15) is 18.9 Å². The van der Waals surface area contributed by atoms with Gasteiger partial charge in [0.2, 0.25) is 5.91 Å². The number of hydrazine groups is 1. The second kappa shape index (κ2) is 8.41. The molecule has 10 heteroatoms. The van der Waals surface area contributed by atoms with Gasteiger partial charge in [0.1, 0.15) is 21.7 Å². The number of aromatic nitrogens is 2. The Balaban J connectivity index is 1.35. The Morgan fingerprint density at radius 3 is 2.83 bits per heavy atom. The molecule has 1 aliphatic heterocycles. The third kappa shape index (κ3) is 4.14. The standard InChI is InChI=1S/C20H19N5O3S2/c1-20(9-7-13-5-3-2-4-6-13)18(27)25(19(28)23-20)24-15(26)11-30-17-14-8-10-29-16(14)21-12-22-17/h2-6,8,10,12H,7,9,11H2,1H3,(H,23,28)(H,24,26)/t20-/m0/s1. The zero-order valence-corrected chi connectivity index (χ0v) is 17.8. The van der Waals surface area contributed by atoms with Crippen LogP contribution in [0.15, 0.2) is 53.1 Å². The Hall–Kier alpha value is -2.98. The molecule has 1 atom stereocenters. The first kappa shape index (κ1) is 20.3. The van der Waals surface area contributed by atoms with Gasteiger partial charge in [-0.3, -0.25) is 15.0 Å². The molecule has 2 aromatic heterocycles. The number of benzene rings is 1. The van der Waals surface area contributed by atoms with Gasteiger partial charge in [-0.25, -0.2) is 14.8 Å². The third-order valence-electron chi connectivity index (χ3n) is 4.82. The average molecular weight is 442 g/mol. The summed E-state index contributed by atoms with van der Waals surface area (Å²) in [7, 11) is 0. The molecule has 0 bridgehead atoms. The highest BCUT2D eigenvalue weighted by atomic mass is 32.2. The third-order valence-corrected chi connectivity index (χ3v) is 6.65. The van der Waals surface area contributed by atoms with Gasteiger partial charge >= 0.3 is 6.03 Å². The lowest BCUT2D eigenvalue weighted by Gasteiger charge is -2.21. The molecule has 0 unspecified atom stereocenters. The molecule has 8 nitrogen and oxygen atoms in total. The van der Waals surface area contributed by atoms with Crippen molar-refractivity contribution in [2.75, 3.05) is 5.75 Å². The molecule has 3 heterocycles. The Kier molecular flexibility index (Phi) is 5.69. The Bertz CT molecular complexity index is 1100. The van der Waals surface area contributed by atoms with Crippen LogP contribution >= 0.6 is 23.1 Å². The lowest BCUT2D eigenvalue weighted by molar-refractivity contribution is -0.138. The van der Waals surface area contributed by atoms with Gasteiger partial charge in [-0.2, -0.15) is 5.01 Å². The summed E-state index contributed by atoms with van der Waals surface area (Å²) in [4.78, 5) is 46.7. The number of hydrogen-bond acceptors (Lipinski definition) is 7. The number of thiophene rings is 1. The molecular weight excluding hydrogens is 422 g/mol. The van der Waals surface area contributed by atoms with Gasteiger partial charge in [0, 0.05) is 5.39 Å². The van der Waals surface area contributed by atoms with Crippen molar-refractivity contribution in [1.82, 2.24) is 25.7 Å². The lowest BCUT2D eigenvalue weighted by Crippen LogP contribution is -2.49. The van der Waals surface area contributed by atoms with E-state index in [4.69, 9.17) is 0 Å². The molecule has 1 aliphatic rings. The van der Waals surface area contributed by atoms with Crippen LogP contribution in [0.25, 0.3) is 10.2 Å². The number of nitrogens with zero attached hydrogens (tertiary/aromatic N) is 3. The number of urea groups is 1. The van der Waals surface area contributed by atoms with Crippen LogP contribution in [0, 0.1) is 0 Å². The van der Waals surface area contributed by atoms with Gasteiger partial charge in [-0.15, -0.1) is 11.3 Å². The van der Waals surface area contributed by atoms with E-state index in [2.05, 4.69) is 20.7 Å². The highest BCUT2D eigenvalue weighted by molar-refractivity contribution is 8.00. The number of aryl methyl sites for hydroxylation is 1. The molecule has 4 rings (SSSR count). The summed E-state index contributed by atoms with van der Waals surface area (Å²) in [6.07, 6.45) is 2.51. The molecule has 1 saturated heterocycles. The van der Waals surface area contributed by atoms with E-state index in [1.54, 1.807) is 6.92 Å². The van der Waals surface area contributed by atoms with E-state index in [-0.39, 0.29) is 5.75 Å². The molecule has 3 aromatic rings. The van der Waals surface area contributed by atoms with Crippen molar-refractivity contribution in [2.24, 2.45) is 0 Å². The van der Waals surface area contributed by atoms with E-state index in [1.807, 2.05) is 41.8 Å². The highest BCUT2D eigenvalue weighted by Crippen LogP contribution is 2.27. The van der Waals surface area contributed by atoms with Crippen LogP contribution in [-0.4, -0.2) is 44.1 Å². The van der Waals surface area contributed by atoms with Crippen molar-refractivity contribution in [3.05, 3.63) is 53.7 Å². The number of nitrogens with one attached hydrogen (secondary N) is 2. The summed E-state index contributed by atoms with van der Waals surface area (Å²) < 4.78 is 0. The normalized spacial score (nSPS) is 18.6. The van der Waals surface area contributed by atoms with Gasteiger partial charge in [0.15, 0.2) is 0 Å². The molecule has 0 radical (unpaired) electrons. The minimum absolute atomic E-state index is 0.0136. The van der Waals surface area contributed by atoms with E-state index in [0.717, 1.165) is 20.8 Å². The van der Waals surface area contributed by atoms with Crippen LogP contribution in [0.3, 0.4) is 0 Å². The number of hydrogen-bond donors (Lipinski definition) is 2. The van der Waals surface area contributed by atoms with Crippen LogP contribution in [0.4, 0.5) is 4.79 Å². The summed E-state index contributed by atoms with van der Waals surface area (Å²) >= 11 is 2.72. The molecule has 0 aliphatic carbocycles. The molecule has 1 fully saturated rings. The van der Waals surface area contributed by atoms with Gasteiger partial charge < -0.3 is 5.32 Å². The van der Waals surface area contributed by atoms with Crippen molar-refractivity contribution in [2.45, 2.75) is 30.3 Å². The van der Waals surface area contributed by atoms with Gasteiger partial charge in [-0.1, -0.05) is 42.1 Å². The maximum atomic E-state index is 12.8. The number of carbonyl (C=O) groups is 3. The van der Waals surface area contributed by atoms with Crippen LogP contribution in [0.5, 0.6) is 0 Å². The molecule has 0 saturated carbocycles. The predicted octanol–water partition coefficient (Wildman–Crippen LogP) is 2.76. The maximum absolute atomic E-state index is 12.8. The summed E-state index contributed by atoms with van der Waals surface area (Å²) in [5.74, 6) is -0.915. The summed E-state index contributed by atoms with van der Waals surface area (Å²) in [6.45, 7) is 1.67. The average Bonchev–Trinajstić information content (AvgIpc) is 3.31. The number of carbonyl (C=O) groups excluding carboxylic acids is 3. The number of thioether (sulfide) groups is 1. The van der Waals surface area contributed by atoms with E-state index >= 15 is 0 Å². The number of fused-ring (bicyclic) bond motifs is 1. The Morgan fingerprint density at radius 2 is 2.03 bits per heavy atom. The number of amides is 4. The van der Waals surface area contributed by atoms with Crippen LogP contribution < -0.4 is 10.7 Å². The first-order chi connectivity index (χ1) is 14.5. The molecule has 2 N–H and O–H groups in total. The van der Waals surface area contributed by atoms with Gasteiger partial charge in [0.05, 0.1) is 5.75 Å². The SMILES string of the molecule is C[C@@]1(CCc2ccccc2)NC(=O)N(NC(=O)CSc2ncnc3sccc23)C1=O. The smallest absolute Gasteiger partial charge is 0.322 e. The fourth-order valence-corrected chi connectivity index (χ4v) is 4.74. The van der Waals surface area contributed by atoms with Crippen LogP contribution in [-0.2, 0) is 16.0 Å². The molecular formula is C20H19N5O3S2. The molecule has 30 heavy (non-hydrogen) atoms. The molecule has 1 aromatic carbocycles. The summed E-state index contributed by atoms with van der Waals surface area (Å²) in [5, 5.41) is 6.94. The van der Waals surface area contributed by atoms with Crippen molar-refractivity contribution < 1.29 is 14.4 Å². The molecule has 154 valence electrons. The second-order valence-corrected chi connectivity index (χ2v) is 8.89. The fourth-order valence-electron chi connectivity index (χ4n) is 3.17.